The fraction of sp³-hybridized carbons (Fsp3) is 0.353. The van der Waals surface area contributed by atoms with Crippen molar-refractivity contribution in [3.05, 3.63) is 41.2 Å². The van der Waals surface area contributed by atoms with E-state index in [4.69, 9.17) is 4.52 Å². The van der Waals surface area contributed by atoms with Crippen LogP contribution in [0.3, 0.4) is 0 Å². The Morgan fingerprint density at radius 2 is 1.70 bits per heavy atom. The van der Waals surface area contributed by atoms with Gasteiger partial charge in [-0.1, -0.05) is 23.4 Å². The van der Waals surface area contributed by atoms with Crippen LogP contribution in [0.1, 0.15) is 23.3 Å². The van der Waals surface area contributed by atoms with Crippen molar-refractivity contribution in [2.24, 2.45) is 11.8 Å². The van der Waals surface area contributed by atoms with Crippen LogP contribution < -0.4 is 10.6 Å². The molecule has 0 aliphatic heterocycles. The summed E-state index contributed by atoms with van der Waals surface area (Å²) in [5.41, 5.74) is 2.85. The molecular weight excluding hydrogens is 294 g/mol. The lowest BCUT2D eigenvalue weighted by atomic mass is 10.1. The lowest BCUT2D eigenvalue weighted by Gasteiger charge is -2.11. The standard InChI is InChI=1S/C17H19N3O3/c1-9-5-4-6-10(2)15(9)19-17(22)13-8-12(13)16(21)18-14-7-11(3)23-20-14/h4-7,12-13H,8H2,1-3H3,(H,19,22)(H,18,20,21). The second-order valence-electron chi connectivity index (χ2n) is 6.02. The number of carbonyl (C=O) groups excluding carboxylic acids is 2. The maximum Gasteiger partial charge on any atom is 0.229 e. The largest absolute Gasteiger partial charge is 0.360 e. The van der Waals surface area contributed by atoms with Crippen LogP contribution >= 0.6 is 0 Å². The van der Waals surface area contributed by atoms with E-state index < -0.39 is 0 Å². The van der Waals surface area contributed by atoms with Crippen LogP contribution in [-0.2, 0) is 9.59 Å². The zero-order valence-corrected chi connectivity index (χ0v) is 13.3. The Balaban J connectivity index is 1.59. The fourth-order valence-corrected chi connectivity index (χ4v) is 2.65. The van der Waals surface area contributed by atoms with Crippen LogP contribution in [0.15, 0.2) is 28.8 Å². The SMILES string of the molecule is Cc1cc(NC(=O)C2CC2C(=O)Nc2c(C)cccc2C)no1. The van der Waals surface area contributed by atoms with Gasteiger partial charge in [-0.25, -0.2) is 0 Å². The predicted octanol–water partition coefficient (Wildman–Crippen LogP) is 2.81. The second kappa shape index (κ2) is 5.87. The number of anilines is 2. The Hall–Kier alpha value is -2.63. The Morgan fingerprint density at radius 1 is 1.09 bits per heavy atom. The molecule has 0 spiro atoms. The maximum atomic E-state index is 12.3. The molecule has 2 atom stereocenters. The molecule has 1 aromatic carbocycles. The Bertz CT molecular complexity index is 746. The summed E-state index contributed by atoms with van der Waals surface area (Å²) in [4.78, 5) is 24.4. The highest BCUT2D eigenvalue weighted by Gasteiger charge is 2.48. The Kier molecular flexibility index (Phi) is 3.90. The summed E-state index contributed by atoms with van der Waals surface area (Å²) in [7, 11) is 0. The van der Waals surface area contributed by atoms with Gasteiger partial charge in [0, 0.05) is 11.8 Å². The van der Waals surface area contributed by atoms with Crippen LogP contribution in [0.25, 0.3) is 0 Å². The third-order valence-corrected chi connectivity index (χ3v) is 4.07. The summed E-state index contributed by atoms with van der Waals surface area (Å²) in [5, 5.41) is 9.33. The molecule has 2 N–H and O–H groups in total. The molecule has 0 saturated heterocycles. The molecule has 0 radical (unpaired) electrons. The smallest absolute Gasteiger partial charge is 0.229 e. The summed E-state index contributed by atoms with van der Waals surface area (Å²) in [6, 6.07) is 7.50. The average molecular weight is 313 g/mol. The maximum absolute atomic E-state index is 12.3. The molecule has 1 fully saturated rings. The number of para-hydroxylation sites is 1. The van der Waals surface area contributed by atoms with E-state index in [1.165, 1.54) is 0 Å². The van der Waals surface area contributed by atoms with Gasteiger partial charge in [-0.2, -0.15) is 0 Å². The lowest BCUT2D eigenvalue weighted by molar-refractivity contribution is -0.122. The number of rotatable bonds is 4. The molecule has 1 aliphatic carbocycles. The van der Waals surface area contributed by atoms with Crippen LogP contribution in [0.4, 0.5) is 11.5 Å². The van der Waals surface area contributed by atoms with Gasteiger partial charge in [0.25, 0.3) is 0 Å². The van der Waals surface area contributed by atoms with Gasteiger partial charge >= 0.3 is 0 Å². The molecule has 0 bridgehead atoms. The Morgan fingerprint density at radius 3 is 2.26 bits per heavy atom. The topological polar surface area (TPSA) is 84.2 Å². The highest BCUT2D eigenvalue weighted by Crippen LogP contribution is 2.40. The number of aryl methyl sites for hydroxylation is 3. The number of carbonyl (C=O) groups is 2. The summed E-state index contributed by atoms with van der Waals surface area (Å²) in [5.74, 6) is 0.103. The molecule has 6 nitrogen and oxygen atoms in total. The summed E-state index contributed by atoms with van der Waals surface area (Å²) in [6.07, 6.45) is 0.555. The molecule has 1 saturated carbocycles. The average Bonchev–Trinajstić information content (AvgIpc) is 3.21. The normalized spacial score (nSPS) is 19.3. The number of hydrogen-bond donors (Lipinski definition) is 2. The predicted molar refractivity (Wildman–Crippen MR) is 86.0 cm³/mol. The van der Waals surface area contributed by atoms with Gasteiger partial charge in [-0.15, -0.1) is 0 Å². The number of nitrogens with zero attached hydrogens (tertiary/aromatic N) is 1. The van der Waals surface area contributed by atoms with E-state index in [9.17, 15) is 9.59 Å². The van der Waals surface area contributed by atoms with Gasteiger partial charge in [0.1, 0.15) is 5.76 Å². The van der Waals surface area contributed by atoms with Crippen LogP contribution in [0, 0.1) is 32.6 Å². The van der Waals surface area contributed by atoms with Gasteiger partial charge in [0.15, 0.2) is 5.82 Å². The van der Waals surface area contributed by atoms with Crippen molar-refractivity contribution in [2.75, 3.05) is 10.6 Å². The molecule has 2 unspecified atom stereocenters. The number of hydrogen-bond acceptors (Lipinski definition) is 4. The lowest BCUT2D eigenvalue weighted by Crippen LogP contribution is -2.21. The van der Waals surface area contributed by atoms with Gasteiger partial charge < -0.3 is 15.2 Å². The number of nitrogens with one attached hydrogen (secondary N) is 2. The van der Waals surface area contributed by atoms with Crippen LogP contribution in [0.2, 0.25) is 0 Å². The van der Waals surface area contributed by atoms with Crippen molar-refractivity contribution >= 4 is 23.3 Å². The molecule has 2 aromatic rings. The summed E-state index contributed by atoms with van der Waals surface area (Å²) >= 11 is 0. The van der Waals surface area contributed by atoms with E-state index in [2.05, 4.69) is 15.8 Å². The van der Waals surface area contributed by atoms with Crippen molar-refractivity contribution in [3.63, 3.8) is 0 Å². The van der Waals surface area contributed by atoms with Gasteiger partial charge in [-0.05, 0) is 38.3 Å². The molecule has 1 aromatic heterocycles. The molecule has 1 aliphatic rings. The van der Waals surface area contributed by atoms with E-state index in [1.807, 2.05) is 32.0 Å². The molecule has 2 amide bonds. The van der Waals surface area contributed by atoms with Crippen molar-refractivity contribution in [1.29, 1.82) is 0 Å². The minimum Gasteiger partial charge on any atom is -0.360 e. The van der Waals surface area contributed by atoms with Gasteiger partial charge in [-0.3, -0.25) is 9.59 Å². The molecule has 3 rings (SSSR count). The molecule has 23 heavy (non-hydrogen) atoms. The first-order valence-corrected chi connectivity index (χ1v) is 7.57. The molecule has 1 heterocycles. The quantitative estimate of drug-likeness (QED) is 0.909. The highest BCUT2D eigenvalue weighted by atomic mass is 16.5. The first kappa shape index (κ1) is 15.3. The zero-order chi connectivity index (χ0) is 16.6. The third-order valence-electron chi connectivity index (χ3n) is 4.07. The van der Waals surface area contributed by atoms with Crippen molar-refractivity contribution in [3.8, 4) is 0 Å². The first-order chi connectivity index (χ1) is 11.0. The second-order valence-corrected chi connectivity index (χ2v) is 6.02. The number of benzene rings is 1. The van der Waals surface area contributed by atoms with E-state index in [0.29, 0.717) is 18.0 Å². The van der Waals surface area contributed by atoms with Gasteiger partial charge in [0.2, 0.25) is 11.8 Å². The van der Waals surface area contributed by atoms with E-state index in [0.717, 1.165) is 16.8 Å². The van der Waals surface area contributed by atoms with Gasteiger partial charge in [0.05, 0.1) is 11.8 Å². The van der Waals surface area contributed by atoms with Crippen molar-refractivity contribution in [2.45, 2.75) is 27.2 Å². The van der Waals surface area contributed by atoms with Crippen LogP contribution in [-0.4, -0.2) is 17.0 Å². The Labute approximate surface area is 134 Å². The van der Waals surface area contributed by atoms with Crippen molar-refractivity contribution < 1.29 is 14.1 Å². The summed E-state index contributed by atoms with van der Waals surface area (Å²) < 4.78 is 4.90. The first-order valence-electron chi connectivity index (χ1n) is 7.57. The van der Waals surface area contributed by atoms with E-state index in [1.54, 1.807) is 13.0 Å². The minimum atomic E-state index is -0.309. The number of aromatic nitrogens is 1. The van der Waals surface area contributed by atoms with Crippen LogP contribution in [0.5, 0.6) is 0 Å². The molecular formula is C17H19N3O3. The monoisotopic (exact) mass is 313 g/mol. The fourth-order valence-electron chi connectivity index (χ4n) is 2.65. The number of amides is 2. The minimum absolute atomic E-state index is 0.112. The van der Waals surface area contributed by atoms with E-state index >= 15 is 0 Å². The third kappa shape index (κ3) is 3.26. The zero-order valence-electron chi connectivity index (χ0n) is 13.3. The van der Waals surface area contributed by atoms with Crippen molar-refractivity contribution in [1.82, 2.24) is 5.16 Å². The van der Waals surface area contributed by atoms with E-state index in [-0.39, 0.29) is 23.7 Å². The highest BCUT2D eigenvalue weighted by molar-refractivity contribution is 6.03. The molecule has 6 heteroatoms. The molecule has 120 valence electrons. The summed E-state index contributed by atoms with van der Waals surface area (Å²) in [6.45, 7) is 5.65.